The molecule has 0 radical (unpaired) electrons. The van der Waals surface area contributed by atoms with Crippen LogP contribution < -0.4 is 10.9 Å². The molecule has 0 aliphatic heterocycles. The molecule has 0 fully saturated rings. The van der Waals surface area contributed by atoms with Crippen molar-refractivity contribution in [2.45, 2.75) is 0 Å². The molecule has 4 nitrogen and oxygen atoms in total. The van der Waals surface area contributed by atoms with Crippen LogP contribution >= 0.6 is 15.9 Å². The molecular weight excluding hydrogens is 277 g/mol. The van der Waals surface area contributed by atoms with E-state index in [1.165, 1.54) is 18.5 Å². The summed E-state index contributed by atoms with van der Waals surface area (Å²) < 4.78 is 13.2. The van der Waals surface area contributed by atoms with Gasteiger partial charge in [-0.15, -0.1) is 0 Å². The number of rotatable bonds is 2. The van der Waals surface area contributed by atoms with Crippen molar-refractivity contribution in [3.63, 3.8) is 0 Å². The van der Waals surface area contributed by atoms with E-state index in [4.69, 9.17) is 0 Å². The van der Waals surface area contributed by atoms with E-state index in [1.807, 2.05) is 0 Å². The molecule has 1 aromatic heterocycles. The molecule has 2 aromatic rings. The van der Waals surface area contributed by atoms with Crippen molar-refractivity contribution in [3.05, 3.63) is 51.2 Å². The third-order valence-electron chi connectivity index (χ3n) is 1.88. The largest absolute Gasteiger partial charge is 0.339 e. The first kappa shape index (κ1) is 10.8. The van der Waals surface area contributed by atoms with Gasteiger partial charge in [0.25, 0.3) is 5.56 Å². The molecule has 0 saturated carbocycles. The first-order chi connectivity index (χ1) is 7.66. The quantitative estimate of drug-likeness (QED) is 0.890. The van der Waals surface area contributed by atoms with Crippen LogP contribution in [0.5, 0.6) is 0 Å². The van der Waals surface area contributed by atoms with Crippen molar-refractivity contribution in [2.75, 3.05) is 5.32 Å². The van der Waals surface area contributed by atoms with Crippen LogP contribution in [0.1, 0.15) is 0 Å². The van der Waals surface area contributed by atoms with E-state index < -0.39 is 0 Å². The highest BCUT2D eigenvalue weighted by Crippen LogP contribution is 2.19. The van der Waals surface area contributed by atoms with E-state index in [1.54, 1.807) is 12.1 Å². The number of nitrogens with one attached hydrogen (secondary N) is 2. The van der Waals surface area contributed by atoms with Gasteiger partial charge in [0, 0.05) is 5.69 Å². The second-order valence-electron chi connectivity index (χ2n) is 3.03. The van der Waals surface area contributed by atoms with Crippen LogP contribution in [0.2, 0.25) is 0 Å². The third kappa shape index (κ3) is 2.27. The number of aromatic nitrogens is 2. The average Bonchev–Trinajstić information content (AvgIpc) is 2.25. The highest BCUT2D eigenvalue weighted by Gasteiger charge is 2.05. The Morgan fingerprint density at radius 2 is 2.25 bits per heavy atom. The summed E-state index contributed by atoms with van der Waals surface area (Å²) in [7, 11) is 0. The predicted octanol–water partition coefficient (Wildman–Crippen LogP) is 2.42. The molecule has 0 spiro atoms. The van der Waals surface area contributed by atoms with Crippen LogP contribution in [0.3, 0.4) is 0 Å². The molecule has 0 aliphatic rings. The summed E-state index contributed by atoms with van der Waals surface area (Å²) in [5, 5.41) is 2.84. The number of halogens is 2. The maximum Gasteiger partial charge on any atom is 0.267 e. The molecule has 0 unspecified atom stereocenters. The summed E-state index contributed by atoms with van der Waals surface area (Å²) in [6.07, 6.45) is 1.27. The molecular formula is C10H7BrFN3O. The third-order valence-corrected chi connectivity index (χ3v) is 2.62. The Morgan fingerprint density at radius 1 is 1.44 bits per heavy atom. The lowest BCUT2D eigenvalue weighted by atomic mass is 10.3. The zero-order valence-corrected chi connectivity index (χ0v) is 9.58. The van der Waals surface area contributed by atoms with Gasteiger partial charge in [-0.3, -0.25) is 4.79 Å². The summed E-state index contributed by atoms with van der Waals surface area (Å²) >= 11 is 3.09. The number of hydrogen-bond donors (Lipinski definition) is 2. The maximum atomic E-state index is 12.9. The van der Waals surface area contributed by atoms with Crippen LogP contribution in [0, 0.1) is 5.82 Å². The number of nitrogens with zero attached hydrogens (tertiary/aromatic N) is 1. The van der Waals surface area contributed by atoms with Crippen LogP contribution in [0.15, 0.2) is 39.9 Å². The second-order valence-corrected chi connectivity index (χ2v) is 3.82. The first-order valence-electron chi connectivity index (χ1n) is 4.42. The Kier molecular flexibility index (Phi) is 3.00. The van der Waals surface area contributed by atoms with E-state index in [0.29, 0.717) is 11.5 Å². The SMILES string of the molecule is O=c1[nH]cnc(Nc2cccc(F)c2)c1Br. The second kappa shape index (κ2) is 4.44. The summed E-state index contributed by atoms with van der Waals surface area (Å²) in [6.45, 7) is 0. The molecule has 2 N–H and O–H groups in total. The Balaban J connectivity index is 2.34. The average molecular weight is 284 g/mol. The molecule has 0 bridgehead atoms. The molecule has 82 valence electrons. The van der Waals surface area contributed by atoms with Gasteiger partial charge >= 0.3 is 0 Å². The molecule has 1 heterocycles. The minimum absolute atomic E-state index is 0.277. The molecule has 2 rings (SSSR count). The molecule has 0 aliphatic carbocycles. The number of hydrogen-bond acceptors (Lipinski definition) is 3. The van der Waals surface area contributed by atoms with E-state index in [2.05, 4.69) is 31.2 Å². The lowest BCUT2D eigenvalue weighted by molar-refractivity contribution is 0.628. The Labute approximate surface area is 98.7 Å². The maximum absolute atomic E-state index is 12.9. The van der Waals surface area contributed by atoms with Gasteiger partial charge in [0.05, 0.1) is 6.33 Å². The predicted molar refractivity (Wildman–Crippen MR) is 62.2 cm³/mol. The van der Waals surface area contributed by atoms with Gasteiger partial charge in [0.15, 0.2) is 5.82 Å². The van der Waals surface area contributed by atoms with Crippen molar-refractivity contribution >= 4 is 27.4 Å². The lowest BCUT2D eigenvalue weighted by Crippen LogP contribution is -2.10. The van der Waals surface area contributed by atoms with Crippen molar-refractivity contribution in [1.82, 2.24) is 9.97 Å². The normalized spacial score (nSPS) is 10.1. The van der Waals surface area contributed by atoms with Crippen molar-refractivity contribution in [2.24, 2.45) is 0 Å². The molecule has 0 amide bonds. The number of benzene rings is 1. The van der Waals surface area contributed by atoms with Gasteiger partial charge in [0.2, 0.25) is 0 Å². The van der Waals surface area contributed by atoms with Gasteiger partial charge in [-0.1, -0.05) is 6.07 Å². The molecule has 6 heteroatoms. The summed E-state index contributed by atoms with van der Waals surface area (Å²) in [4.78, 5) is 17.6. The summed E-state index contributed by atoms with van der Waals surface area (Å²) in [6, 6.07) is 5.90. The first-order valence-corrected chi connectivity index (χ1v) is 5.22. The van der Waals surface area contributed by atoms with E-state index in [-0.39, 0.29) is 15.8 Å². The standard InChI is InChI=1S/C10H7BrFN3O/c11-8-9(13-5-14-10(8)16)15-7-3-1-2-6(12)4-7/h1-5H,(H2,13,14,15,16). The van der Waals surface area contributed by atoms with Gasteiger partial charge in [0.1, 0.15) is 10.3 Å². The highest BCUT2D eigenvalue weighted by molar-refractivity contribution is 9.10. The van der Waals surface area contributed by atoms with E-state index in [0.717, 1.165) is 0 Å². The fourth-order valence-corrected chi connectivity index (χ4v) is 1.49. The molecule has 16 heavy (non-hydrogen) atoms. The molecule has 1 aromatic carbocycles. The highest BCUT2D eigenvalue weighted by atomic mass is 79.9. The monoisotopic (exact) mass is 283 g/mol. The van der Waals surface area contributed by atoms with Crippen LogP contribution in [-0.4, -0.2) is 9.97 Å². The fraction of sp³-hybridized carbons (Fsp3) is 0. The summed E-state index contributed by atoms with van der Waals surface area (Å²) in [5.41, 5.74) is 0.229. The van der Waals surface area contributed by atoms with Crippen molar-refractivity contribution < 1.29 is 4.39 Å². The minimum Gasteiger partial charge on any atom is -0.339 e. The lowest BCUT2D eigenvalue weighted by Gasteiger charge is -2.06. The minimum atomic E-state index is -0.356. The fourth-order valence-electron chi connectivity index (χ4n) is 1.17. The molecule has 0 atom stereocenters. The smallest absolute Gasteiger partial charge is 0.267 e. The van der Waals surface area contributed by atoms with Crippen LogP contribution in [-0.2, 0) is 0 Å². The Morgan fingerprint density at radius 3 is 3.00 bits per heavy atom. The Bertz CT molecular complexity index is 570. The number of aromatic amines is 1. The van der Waals surface area contributed by atoms with Gasteiger partial charge in [-0.25, -0.2) is 9.37 Å². The topological polar surface area (TPSA) is 57.8 Å². The number of anilines is 2. The van der Waals surface area contributed by atoms with Gasteiger partial charge in [-0.2, -0.15) is 0 Å². The van der Waals surface area contributed by atoms with E-state index >= 15 is 0 Å². The number of H-pyrrole nitrogens is 1. The van der Waals surface area contributed by atoms with Gasteiger partial charge in [-0.05, 0) is 34.1 Å². The van der Waals surface area contributed by atoms with Gasteiger partial charge < -0.3 is 10.3 Å². The zero-order chi connectivity index (χ0) is 11.5. The Hall–Kier alpha value is -1.69. The zero-order valence-electron chi connectivity index (χ0n) is 8.00. The van der Waals surface area contributed by atoms with Crippen molar-refractivity contribution in [1.29, 1.82) is 0 Å². The molecule has 0 saturated heterocycles. The van der Waals surface area contributed by atoms with E-state index in [9.17, 15) is 9.18 Å². The summed E-state index contributed by atoms with van der Waals surface area (Å²) in [5.74, 6) is -0.0136. The van der Waals surface area contributed by atoms with Crippen molar-refractivity contribution in [3.8, 4) is 0 Å². The van der Waals surface area contributed by atoms with Crippen LogP contribution in [0.25, 0.3) is 0 Å². The van der Waals surface area contributed by atoms with Crippen LogP contribution in [0.4, 0.5) is 15.9 Å².